The molecule has 2 rings (SSSR count). The number of aromatic hydroxyl groups is 1. The van der Waals surface area contributed by atoms with Crippen molar-refractivity contribution in [1.29, 1.82) is 0 Å². The Labute approximate surface area is 129 Å². The van der Waals surface area contributed by atoms with Gasteiger partial charge in [-0.3, -0.25) is 0 Å². The van der Waals surface area contributed by atoms with Crippen LogP contribution in [0.5, 0.6) is 5.75 Å². The van der Waals surface area contributed by atoms with Crippen molar-refractivity contribution in [3.63, 3.8) is 0 Å². The van der Waals surface area contributed by atoms with Crippen LogP contribution in [-0.4, -0.2) is 15.7 Å². The van der Waals surface area contributed by atoms with Gasteiger partial charge < -0.3 is 10.4 Å². The first-order valence-corrected chi connectivity index (χ1v) is 8.20. The zero-order chi connectivity index (χ0) is 14.9. The summed E-state index contributed by atoms with van der Waals surface area (Å²) in [6.07, 6.45) is 2.20. The molecular weight excluding hydrogens is 297 g/mol. The van der Waals surface area contributed by atoms with Gasteiger partial charge in [0.1, 0.15) is 0 Å². The number of phenolic OH excluding ortho intramolecular Hbond substituents is 1. The van der Waals surface area contributed by atoms with Crippen molar-refractivity contribution in [3.8, 4) is 5.75 Å². The fourth-order valence-electron chi connectivity index (χ4n) is 2.10. The topological polar surface area (TPSA) is 32.3 Å². The third-order valence-corrected chi connectivity index (χ3v) is 4.82. The summed E-state index contributed by atoms with van der Waals surface area (Å²) >= 11 is 7.53. The number of hydrogen-bond donors (Lipinski definition) is 2. The van der Waals surface area contributed by atoms with Crippen LogP contribution in [0.1, 0.15) is 45.2 Å². The van der Waals surface area contributed by atoms with Gasteiger partial charge in [-0.15, -0.1) is 11.8 Å². The summed E-state index contributed by atoms with van der Waals surface area (Å²) in [5.74, 6) is 0.168. The molecule has 0 radical (unpaired) electrons. The van der Waals surface area contributed by atoms with Crippen molar-refractivity contribution < 1.29 is 9.50 Å². The molecule has 0 aromatic heterocycles. The Bertz CT molecular complexity index is 485. The normalized spacial score (nSPS) is 17.2. The number of thioether (sulfide) groups is 1. The van der Waals surface area contributed by atoms with Gasteiger partial charge in [0, 0.05) is 22.2 Å². The Morgan fingerprint density at radius 3 is 2.65 bits per heavy atom. The lowest BCUT2D eigenvalue weighted by atomic mass is 10.0. The maximum absolute atomic E-state index is 14.2. The van der Waals surface area contributed by atoms with E-state index < -0.39 is 11.6 Å². The molecule has 0 aliphatic heterocycles. The maximum atomic E-state index is 14.2. The zero-order valence-corrected chi connectivity index (χ0v) is 13.6. The van der Waals surface area contributed by atoms with Gasteiger partial charge in [-0.1, -0.05) is 38.4 Å². The summed E-state index contributed by atoms with van der Waals surface area (Å²) in [5.41, 5.74) is 0.518. The highest BCUT2D eigenvalue weighted by Gasteiger charge is 2.34. The minimum Gasteiger partial charge on any atom is -0.504 e. The van der Waals surface area contributed by atoms with Crippen LogP contribution in [0.15, 0.2) is 12.1 Å². The lowest BCUT2D eigenvalue weighted by Crippen LogP contribution is -2.26. The van der Waals surface area contributed by atoms with E-state index in [1.54, 1.807) is 23.9 Å². The third-order valence-electron chi connectivity index (χ3n) is 3.33. The molecule has 5 heteroatoms. The second-order valence-corrected chi connectivity index (χ2v) is 8.43. The molecule has 1 fully saturated rings. The van der Waals surface area contributed by atoms with E-state index in [1.165, 1.54) is 0 Å². The van der Waals surface area contributed by atoms with E-state index in [0.29, 0.717) is 11.5 Å². The summed E-state index contributed by atoms with van der Waals surface area (Å²) in [7, 11) is 0. The highest BCUT2D eigenvalue weighted by atomic mass is 35.5. The first-order chi connectivity index (χ1) is 9.29. The van der Waals surface area contributed by atoms with Crippen LogP contribution in [-0.2, 0) is 0 Å². The SMILES string of the molecule is CC(C)(C)SCN[C@@H](c1ccc(Cl)c(O)c1F)C1CC1. The number of rotatable bonds is 5. The number of hydrogen-bond acceptors (Lipinski definition) is 3. The van der Waals surface area contributed by atoms with Crippen LogP contribution in [0, 0.1) is 11.7 Å². The van der Waals surface area contributed by atoms with Crippen molar-refractivity contribution in [2.75, 3.05) is 5.88 Å². The predicted molar refractivity (Wildman–Crippen MR) is 83.9 cm³/mol. The van der Waals surface area contributed by atoms with E-state index in [-0.39, 0.29) is 15.8 Å². The van der Waals surface area contributed by atoms with E-state index in [0.717, 1.165) is 18.7 Å². The van der Waals surface area contributed by atoms with Crippen LogP contribution in [0.3, 0.4) is 0 Å². The molecule has 1 saturated carbocycles. The molecule has 1 aromatic rings. The number of halogens is 2. The zero-order valence-electron chi connectivity index (χ0n) is 12.0. The molecule has 1 aromatic carbocycles. The number of benzene rings is 1. The predicted octanol–water partition coefficient (Wildman–Crippen LogP) is 4.71. The second-order valence-electron chi connectivity index (χ2n) is 6.22. The molecule has 0 unspecified atom stereocenters. The number of phenols is 1. The monoisotopic (exact) mass is 317 g/mol. The molecule has 20 heavy (non-hydrogen) atoms. The summed E-state index contributed by atoms with van der Waals surface area (Å²) in [6.45, 7) is 6.46. The van der Waals surface area contributed by atoms with E-state index in [9.17, 15) is 9.50 Å². The van der Waals surface area contributed by atoms with Gasteiger partial charge in [-0.2, -0.15) is 0 Å². The van der Waals surface area contributed by atoms with Crippen molar-refractivity contribution in [2.24, 2.45) is 5.92 Å². The van der Waals surface area contributed by atoms with Crippen LogP contribution in [0.2, 0.25) is 5.02 Å². The fourth-order valence-corrected chi connectivity index (χ4v) is 2.95. The average molecular weight is 318 g/mol. The van der Waals surface area contributed by atoms with Gasteiger partial charge in [-0.25, -0.2) is 4.39 Å². The Balaban J connectivity index is 2.11. The van der Waals surface area contributed by atoms with Crippen LogP contribution >= 0.6 is 23.4 Å². The minimum atomic E-state index is -0.595. The summed E-state index contributed by atoms with van der Waals surface area (Å²) in [6, 6.07) is 3.19. The third kappa shape index (κ3) is 4.03. The quantitative estimate of drug-likeness (QED) is 0.771. The van der Waals surface area contributed by atoms with Crippen molar-refractivity contribution in [2.45, 2.75) is 44.4 Å². The molecule has 1 atom stereocenters. The fraction of sp³-hybridized carbons (Fsp3) is 0.600. The Kier molecular flexibility index (Phi) is 4.88. The molecule has 1 aliphatic carbocycles. The van der Waals surface area contributed by atoms with E-state index >= 15 is 0 Å². The standard InChI is InChI=1S/C15H21ClFNOS/c1-15(2,3)20-8-18-13(9-4-5-9)10-6-7-11(16)14(19)12(10)17/h6-7,9,13,18-19H,4-5,8H2,1-3H3/t13-/m1/s1. The van der Waals surface area contributed by atoms with Crippen molar-refractivity contribution in [3.05, 3.63) is 28.5 Å². The molecule has 112 valence electrons. The Morgan fingerprint density at radius 1 is 1.45 bits per heavy atom. The number of nitrogens with one attached hydrogen (secondary N) is 1. The molecule has 0 bridgehead atoms. The summed E-state index contributed by atoms with van der Waals surface area (Å²) in [4.78, 5) is 0. The Morgan fingerprint density at radius 2 is 2.10 bits per heavy atom. The molecule has 0 saturated heterocycles. The Hall–Kier alpha value is -0.450. The lowest BCUT2D eigenvalue weighted by Gasteiger charge is -2.23. The largest absolute Gasteiger partial charge is 0.504 e. The van der Waals surface area contributed by atoms with Crippen LogP contribution in [0.25, 0.3) is 0 Å². The first-order valence-electron chi connectivity index (χ1n) is 6.84. The average Bonchev–Trinajstić information content (AvgIpc) is 3.16. The van der Waals surface area contributed by atoms with Crippen molar-refractivity contribution in [1.82, 2.24) is 5.32 Å². The maximum Gasteiger partial charge on any atom is 0.171 e. The molecule has 0 amide bonds. The van der Waals surface area contributed by atoms with Gasteiger partial charge in [-0.05, 0) is 24.8 Å². The molecule has 1 aliphatic rings. The molecule has 0 spiro atoms. The van der Waals surface area contributed by atoms with Gasteiger partial charge in [0.25, 0.3) is 0 Å². The molecule has 2 nitrogen and oxygen atoms in total. The van der Waals surface area contributed by atoms with Crippen LogP contribution < -0.4 is 5.32 Å². The lowest BCUT2D eigenvalue weighted by molar-refractivity contribution is 0.414. The van der Waals surface area contributed by atoms with Gasteiger partial charge >= 0.3 is 0 Å². The highest BCUT2D eigenvalue weighted by molar-refractivity contribution is 8.00. The molecular formula is C15H21ClFNOS. The van der Waals surface area contributed by atoms with Crippen molar-refractivity contribution >= 4 is 23.4 Å². The molecule has 2 N–H and O–H groups in total. The smallest absolute Gasteiger partial charge is 0.171 e. The van der Waals surface area contributed by atoms with Gasteiger partial charge in [0.15, 0.2) is 11.6 Å². The van der Waals surface area contributed by atoms with E-state index in [1.807, 2.05) is 0 Å². The summed E-state index contributed by atoms with van der Waals surface area (Å²) < 4.78 is 14.3. The highest BCUT2D eigenvalue weighted by Crippen LogP contribution is 2.44. The first kappa shape index (κ1) is 15.9. The van der Waals surface area contributed by atoms with E-state index in [2.05, 4.69) is 26.1 Å². The summed E-state index contributed by atoms with van der Waals surface area (Å²) in [5, 5.41) is 13.1. The minimum absolute atomic E-state index is 0.0481. The van der Waals surface area contributed by atoms with Crippen LogP contribution in [0.4, 0.5) is 4.39 Å². The van der Waals surface area contributed by atoms with Gasteiger partial charge in [0.05, 0.1) is 5.02 Å². The molecule has 0 heterocycles. The van der Waals surface area contributed by atoms with E-state index in [4.69, 9.17) is 11.6 Å². The van der Waals surface area contributed by atoms with Gasteiger partial charge in [0.2, 0.25) is 0 Å². The second kappa shape index (κ2) is 6.12.